The molecule has 0 amide bonds. The number of carbonyl (C=O) groups is 1. The van der Waals surface area contributed by atoms with Gasteiger partial charge in [-0.05, 0) is 17.7 Å². The number of carboxylic acid groups (broad SMARTS) is 1. The van der Waals surface area contributed by atoms with Gasteiger partial charge in [-0.3, -0.25) is 14.2 Å². The fraction of sp³-hybridized carbons (Fsp3) is 0.214. The molecule has 0 saturated heterocycles. The van der Waals surface area contributed by atoms with E-state index in [0.29, 0.717) is 5.75 Å². The Morgan fingerprint density at radius 2 is 2.22 bits per heavy atom. The van der Waals surface area contributed by atoms with Crippen LogP contribution in [0.2, 0.25) is 0 Å². The van der Waals surface area contributed by atoms with Crippen molar-refractivity contribution in [2.75, 3.05) is 7.11 Å². The summed E-state index contributed by atoms with van der Waals surface area (Å²) in [4.78, 5) is 23.5. The number of benzene rings is 1. The largest absolute Gasteiger partial charge is 0.497 e. The summed E-state index contributed by atoms with van der Waals surface area (Å²) in [6.45, 7) is -0.505. The molecule has 9 heteroatoms. The Morgan fingerprint density at radius 1 is 1.39 bits per heavy atom. The van der Waals surface area contributed by atoms with Gasteiger partial charge >= 0.3 is 5.97 Å². The van der Waals surface area contributed by atoms with Crippen molar-refractivity contribution in [3.05, 3.63) is 52.2 Å². The van der Waals surface area contributed by atoms with E-state index < -0.39 is 18.1 Å². The number of aliphatic carboxylic acids is 1. The van der Waals surface area contributed by atoms with Crippen molar-refractivity contribution in [3.63, 3.8) is 0 Å². The van der Waals surface area contributed by atoms with Crippen molar-refractivity contribution in [2.24, 2.45) is 0 Å². The number of ether oxygens (including phenoxy) is 1. The molecule has 0 atom stereocenters. The van der Waals surface area contributed by atoms with Gasteiger partial charge in [-0.1, -0.05) is 12.1 Å². The fourth-order valence-electron chi connectivity index (χ4n) is 2.26. The second-order valence-corrected chi connectivity index (χ2v) is 4.84. The molecule has 3 rings (SSSR count). The molecule has 1 aromatic carbocycles. The maximum absolute atomic E-state index is 12.5. The first-order valence-electron chi connectivity index (χ1n) is 6.73. The quantitative estimate of drug-likeness (QED) is 0.703. The van der Waals surface area contributed by atoms with E-state index in [1.165, 1.54) is 10.8 Å². The van der Waals surface area contributed by atoms with E-state index in [1.807, 2.05) is 6.07 Å². The molecular formula is C14H13N5O4. The summed E-state index contributed by atoms with van der Waals surface area (Å²) in [6.07, 6.45) is 1.56. The summed E-state index contributed by atoms with van der Waals surface area (Å²) in [5.41, 5.74) is 0.519. The number of fused-ring (bicyclic) bond motifs is 1. The number of methoxy groups -OCH3 is 1. The molecule has 0 unspecified atom stereocenters. The second-order valence-electron chi connectivity index (χ2n) is 4.84. The fourth-order valence-corrected chi connectivity index (χ4v) is 2.26. The highest BCUT2D eigenvalue weighted by atomic mass is 16.5. The van der Waals surface area contributed by atoms with Crippen LogP contribution in [0.1, 0.15) is 11.3 Å². The Balaban J connectivity index is 2.08. The molecule has 0 aliphatic carbocycles. The lowest BCUT2D eigenvalue weighted by molar-refractivity contribution is -0.137. The van der Waals surface area contributed by atoms with Gasteiger partial charge in [0.25, 0.3) is 11.3 Å². The van der Waals surface area contributed by atoms with Crippen molar-refractivity contribution < 1.29 is 14.6 Å². The molecule has 0 fully saturated rings. The van der Waals surface area contributed by atoms with Crippen LogP contribution >= 0.6 is 0 Å². The number of nitrogens with zero attached hydrogens (tertiary/aromatic N) is 5. The van der Waals surface area contributed by atoms with Crippen molar-refractivity contribution in [3.8, 4) is 5.75 Å². The minimum absolute atomic E-state index is 0.0896. The van der Waals surface area contributed by atoms with Crippen LogP contribution in [0.5, 0.6) is 5.75 Å². The average molecular weight is 315 g/mol. The zero-order valence-electron chi connectivity index (χ0n) is 12.2. The number of hydrogen-bond acceptors (Lipinski definition) is 6. The van der Waals surface area contributed by atoms with E-state index in [1.54, 1.807) is 25.3 Å². The lowest BCUT2D eigenvalue weighted by Crippen LogP contribution is -2.31. The number of aromatic nitrogens is 5. The summed E-state index contributed by atoms with van der Waals surface area (Å²) in [5.74, 6) is -0.388. The highest BCUT2D eigenvalue weighted by Crippen LogP contribution is 2.14. The summed E-state index contributed by atoms with van der Waals surface area (Å²) >= 11 is 0. The number of carboxylic acids is 1. The lowest BCUT2D eigenvalue weighted by Gasteiger charge is -2.08. The van der Waals surface area contributed by atoms with E-state index >= 15 is 0 Å². The maximum atomic E-state index is 12.5. The van der Waals surface area contributed by atoms with Crippen LogP contribution in [-0.2, 0) is 17.8 Å². The first-order valence-corrected chi connectivity index (χ1v) is 6.73. The maximum Gasteiger partial charge on any atom is 0.323 e. The summed E-state index contributed by atoms with van der Waals surface area (Å²) in [5, 5.41) is 20.6. The topological polar surface area (TPSA) is 112 Å². The Bertz CT molecular complexity index is 930. The molecule has 1 N–H and O–H groups in total. The van der Waals surface area contributed by atoms with Crippen LogP contribution in [0, 0.1) is 0 Å². The molecule has 118 valence electrons. The standard InChI is InChI=1S/C14H13N5O4/c1-23-10-4-2-3-9(5-10)6-11-13(22)18(7-12(20)21)14-16-15-8-19(14)17-11/h2-5,8H,6-7H2,1H3,(H,20,21). The van der Waals surface area contributed by atoms with Crippen molar-refractivity contribution in [1.29, 1.82) is 0 Å². The predicted molar refractivity (Wildman–Crippen MR) is 78.5 cm³/mol. The van der Waals surface area contributed by atoms with Gasteiger partial charge in [0.05, 0.1) is 7.11 Å². The Labute approximate surface area is 129 Å². The molecule has 0 aliphatic rings. The Morgan fingerprint density at radius 3 is 2.96 bits per heavy atom. The summed E-state index contributed by atoms with van der Waals surface area (Å²) in [6, 6.07) is 7.23. The molecule has 23 heavy (non-hydrogen) atoms. The molecule has 0 spiro atoms. The third-order valence-electron chi connectivity index (χ3n) is 3.27. The third-order valence-corrected chi connectivity index (χ3v) is 3.27. The van der Waals surface area contributed by atoms with Crippen molar-refractivity contribution in [1.82, 2.24) is 24.4 Å². The first kappa shape index (κ1) is 14.7. The van der Waals surface area contributed by atoms with Crippen LogP contribution in [0.15, 0.2) is 35.4 Å². The van der Waals surface area contributed by atoms with Gasteiger partial charge in [0.2, 0.25) is 0 Å². The zero-order valence-corrected chi connectivity index (χ0v) is 12.2. The lowest BCUT2D eigenvalue weighted by atomic mass is 10.1. The molecule has 9 nitrogen and oxygen atoms in total. The number of hydrogen-bond donors (Lipinski definition) is 1. The molecule has 0 radical (unpaired) electrons. The molecule has 0 saturated carbocycles. The predicted octanol–water partition coefficient (Wildman–Crippen LogP) is -0.0300. The Hall–Kier alpha value is -3.23. The van der Waals surface area contributed by atoms with Crippen LogP contribution in [-0.4, -0.2) is 42.6 Å². The molecular weight excluding hydrogens is 302 g/mol. The SMILES string of the molecule is COc1cccc(Cc2nn3cnnc3n(CC(=O)O)c2=O)c1. The minimum atomic E-state index is -1.14. The average Bonchev–Trinajstić information content (AvgIpc) is 2.99. The van der Waals surface area contributed by atoms with Gasteiger partial charge in [0, 0.05) is 6.42 Å². The van der Waals surface area contributed by atoms with Crippen LogP contribution in [0.4, 0.5) is 0 Å². The van der Waals surface area contributed by atoms with Crippen LogP contribution in [0.3, 0.4) is 0 Å². The van der Waals surface area contributed by atoms with Crippen molar-refractivity contribution in [2.45, 2.75) is 13.0 Å². The molecule has 2 aromatic heterocycles. The first-order chi connectivity index (χ1) is 11.1. The highest BCUT2D eigenvalue weighted by Gasteiger charge is 2.15. The molecule has 3 aromatic rings. The normalized spacial score (nSPS) is 10.8. The smallest absolute Gasteiger partial charge is 0.323 e. The highest BCUT2D eigenvalue weighted by molar-refractivity contribution is 5.67. The van der Waals surface area contributed by atoms with Crippen LogP contribution < -0.4 is 10.3 Å². The van der Waals surface area contributed by atoms with Gasteiger partial charge in [-0.2, -0.15) is 9.61 Å². The minimum Gasteiger partial charge on any atom is -0.497 e. The van der Waals surface area contributed by atoms with Gasteiger partial charge in [0.1, 0.15) is 24.3 Å². The second kappa shape index (κ2) is 5.87. The monoisotopic (exact) mass is 315 g/mol. The number of rotatable bonds is 5. The van der Waals surface area contributed by atoms with Gasteiger partial charge in [-0.25, -0.2) is 0 Å². The van der Waals surface area contributed by atoms with Crippen molar-refractivity contribution >= 4 is 11.7 Å². The van der Waals surface area contributed by atoms with Gasteiger partial charge in [0.15, 0.2) is 0 Å². The zero-order chi connectivity index (χ0) is 16.4. The molecule has 0 bridgehead atoms. The molecule has 2 heterocycles. The molecule has 0 aliphatic heterocycles. The van der Waals surface area contributed by atoms with E-state index in [-0.39, 0.29) is 17.9 Å². The van der Waals surface area contributed by atoms with Gasteiger partial charge < -0.3 is 9.84 Å². The van der Waals surface area contributed by atoms with Gasteiger partial charge in [-0.15, -0.1) is 10.2 Å². The van der Waals surface area contributed by atoms with E-state index in [2.05, 4.69) is 15.3 Å². The van der Waals surface area contributed by atoms with E-state index in [4.69, 9.17) is 9.84 Å². The van der Waals surface area contributed by atoms with Crippen LogP contribution in [0.25, 0.3) is 5.78 Å². The van der Waals surface area contributed by atoms with E-state index in [9.17, 15) is 9.59 Å². The summed E-state index contributed by atoms with van der Waals surface area (Å²) in [7, 11) is 1.56. The van der Waals surface area contributed by atoms with E-state index in [0.717, 1.165) is 10.1 Å². The summed E-state index contributed by atoms with van der Waals surface area (Å²) < 4.78 is 7.48. The third kappa shape index (κ3) is 2.89. The Kier molecular flexibility index (Phi) is 3.75.